The largest absolute Gasteiger partial charge is 0.399 e. The maximum atomic E-state index is 5.73. The summed E-state index contributed by atoms with van der Waals surface area (Å²) in [6.07, 6.45) is 4.58. The maximum Gasteiger partial charge on any atom is 0.113 e. The summed E-state index contributed by atoms with van der Waals surface area (Å²) in [7, 11) is 0. The Morgan fingerprint density at radius 1 is 1.09 bits per heavy atom. The van der Waals surface area contributed by atoms with E-state index in [1.165, 1.54) is 5.56 Å². The molecule has 0 amide bonds. The van der Waals surface area contributed by atoms with Crippen molar-refractivity contribution in [2.75, 3.05) is 5.73 Å². The van der Waals surface area contributed by atoms with Crippen LogP contribution in [0.5, 0.6) is 0 Å². The summed E-state index contributed by atoms with van der Waals surface area (Å²) in [6.45, 7) is 0.737. The number of hydrogen-bond acceptors (Lipinski definition) is 3. The Balaban J connectivity index is 1.79. The van der Waals surface area contributed by atoms with Crippen LogP contribution in [0.2, 0.25) is 0 Å². The Labute approximate surface area is 140 Å². The molecule has 0 radical (unpaired) electrons. The van der Waals surface area contributed by atoms with E-state index in [9.17, 15) is 0 Å². The van der Waals surface area contributed by atoms with Crippen LogP contribution < -0.4 is 11.5 Å². The maximum absolute atomic E-state index is 5.73. The molecule has 3 aromatic rings. The van der Waals surface area contributed by atoms with E-state index >= 15 is 0 Å². The number of imidazole rings is 1. The van der Waals surface area contributed by atoms with E-state index in [2.05, 4.69) is 15.6 Å². The molecule has 5 heteroatoms. The van der Waals surface area contributed by atoms with Gasteiger partial charge in [-0.2, -0.15) is 0 Å². The topological polar surface area (TPSA) is 69.9 Å². The van der Waals surface area contributed by atoms with Crippen molar-refractivity contribution in [3.05, 3.63) is 83.4 Å². The number of anilines is 1. The van der Waals surface area contributed by atoms with E-state index in [1.807, 2.05) is 54.9 Å². The van der Waals surface area contributed by atoms with Crippen molar-refractivity contribution in [1.82, 2.24) is 9.55 Å². The van der Waals surface area contributed by atoms with Gasteiger partial charge in [-0.15, -0.1) is 0 Å². The molecular weight excluding hydrogens is 304 g/mol. The minimum absolute atomic E-state index is 0.416. The monoisotopic (exact) mass is 322 g/mol. The lowest BCUT2D eigenvalue weighted by molar-refractivity contribution is 0.740. The molecular formula is C18H18N4S. The van der Waals surface area contributed by atoms with Gasteiger partial charge in [0.15, 0.2) is 0 Å². The lowest BCUT2D eigenvalue weighted by Crippen LogP contribution is -2.10. The number of hydrogen-bond donors (Lipinski definition) is 2. The highest BCUT2D eigenvalue weighted by molar-refractivity contribution is 7.80. The molecule has 2 aromatic carbocycles. The van der Waals surface area contributed by atoms with Gasteiger partial charge in [-0.3, -0.25) is 0 Å². The fourth-order valence-electron chi connectivity index (χ4n) is 2.49. The predicted molar refractivity (Wildman–Crippen MR) is 97.3 cm³/mol. The zero-order chi connectivity index (χ0) is 16.2. The fourth-order valence-corrected chi connectivity index (χ4v) is 2.62. The van der Waals surface area contributed by atoms with Gasteiger partial charge in [0, 0.05) is 36.6 Å². The van der Waals surface area contributed by atoms with E-state index in [1.54, 1.807) is 0 Å². The molecule has 23 heavy (non-hydrogen) atoms. The number of nitrogens with zero attached hydrogens (tertiary/aromatic N) is 2. The molecule has 4 N–H and O–H groups in total. The fraction of sp³-hybridized carbons (Fsp3) is 0.111. The highest BCUT2D eigenvalue weighted by Crippen LogP contribution is 2.13. The molecule has 0 saturated heterocycles. The third-order valence-corrected chi connectivity index (χ3v) is 3.94. The summed E-state index contributed by atoms with van der Waals surface area (Å²) in [5.41, 5.74) is 15.4. The van der Waals surface area contributed by atoms with Crippen molar-refractivity contribution < 1.29 is 0 Å². The lowest BCUT2D eigenvalue weighted by atomic mass is 10.1. The number of aromatic nitrogens is 2. The number of benzene rings is 2. The Bertz CT molecular complexity index is 821. The third kappa shape index (κ3) is 3.76. The van der Waals surface area contributed by atoms with Gasteiger partial charge in [-0.05, 0) is 29.3 Å². The number of nitrogen functional groups attached to an aromatic ring is 1. The predicted octanol–water partition coefficient (Wildman–Crippen LogP) is 2.74. The Morgan fingerprint density at radius 2 is 1.87 bits per heavy atom. The van der Waals surface area contributed by atoms with Crippen molar-refractivity contribution in [3.63, 3.8) is 0 Å². The quantitative estimate of drug-likeness (QED) is 0.560. The standard InChI is InChI=1S/C18H18N4S/c19-16-6-4-13(5-7-16)11-17-21-8-9-22(17)12-14-2-1-3-15(10-14)18(20)23/h1-10H,11-12,19H2,(H2,20,23). The SMILES string of the molecule is NC(=S)c1cccc(Cn2ccnc2Cc2ccc(N)cc2)c1. The molecule has 0 atom stereocenters. The van der Waals surface area contributed by atoms with Gasteiger partial charge in [-0.1, -0.05) is 42.5 Å². The van der Waals surface area contributed by atoms with Crippen LogP contribution in [0.25, 0.3) is 0 Å². The van der Waals surface area contributed by atoms with Crippen LogP contribution in [-0.4, -0.2) is 14.5 Å². The Morgan fingerprint density at radius 3 is 2.61 bits per heavy atom. The highest BCUT2D eigenvalue weighted by atomic mass is 32.1. The summed E-state index contributed by atoms with van der Waals surface area (Å²) >= 11 is 5.04. The molecule has 3 rings (SSSR count). The van der Waals surface area contributed by atoms with Crippen molar-refractivity contribution in [2.24, 2.45) is 5.73 Å². The molecule has 0 saturated carbocycles. The summed E-state index contributed by atoms with van der Waals surface area (Å²) in [5.74, 6) is 1.01. The second kappa shape index (κ2) is 6.62. The zero-order valence-electron chi connectivity index (χ0n) is 12.6. The first-order valence-electron chi connectivity index (χ1n) is 7.35. The number of thiocarbonyl (C=S) groups is 1. The van der Waals surface area contributed by atoms with Crippen LogP contribution in [0.4, 0.5) is 5.69 Å². The van der Waals surface area contributed by atoms with Crippen LogP contribution in [0.15, 0.2) is 60.9 Å². The third-order valence-electron chi connectivity index (χ3n) is 3.71. The van der Waals surface area contributed by atoms with Gasteiger partial charge < -0.3 is 16.0 Å². The van der Waals surface area contributed by atoms with Crippen LogP contribution in [0.1, 0.15) is 22.5 Å². The van der Waals surface area contributed by atoms with Gasteiger partial charge in [0.1, 0.15) is 10.8 Å². The van der Waals surface area contributed by atoms with E-state index in [0.717, 1.165) is 35.6 Å². The van der Waals surface area contributed by atoms with Crippen molar-refractivity contribution in [3.8, 4) is 0 Å². The van der Waals surface area contributed by atoms with Crippen LogP contribution in [-0.2, 0) is 13.0 Å². The van der Waals surface area contributed by atoms with E-state index in [-0.39, 0.29) is 0 Å². The second-order valence-corrected chi connectivity index (χ2v) is 5.89. The van der Waals surface area contributed by atoms with Gasteiger partial charge in [0.2, 0.25) is 0 Å². The average molecular weight is 322 g/mol. The van der Waals surface area contributed by atoms with E-state index < -0.39 is 0 Å². The molecule has 1 heterocycles. The van der Waals surface area contributed by atoms with Crippen LogP contribution in [0, 0.1) is 0 Å². The minimum atomic E-state index is 0.416. The number of nitrogens with two attached hydrogens (primary N) is 2. The first kappa shape index (κ1) is 15.2. The molecule has 0 unspecified atom stereocenters. The van der Waals surface area contributed by atoms with E-state index in [0.29, 0.717) is 4.99 Å². The van der Waals surface area contributed by atoms with Gasteiger partial charge in [0.25, 0.3) is 0 Å². The summed E-state index contributed by atoms with van der Waals surface area (Å²) in [5, 5.41) is 0. The molecule has 0 aliphatic rings. The normalized spacial score (nSPS) is 10.6. The smallest absolute Gasteiger partial charge is 0.113 e. The Kier molecular flexibility index (Phi) is 4.39. The summed E-state index contributed by atoms with van der Waals surface area (Å²) < 4.78 is 2.13. The summed E-state index contributed by atoms with van der Waals surface area (Å²) in [6, 6.07) is 15.9. The molecule has 116 valence electrons. The van der Waals surface area contributed by atoms with Crippen molar-refractivity contribution in [1.29, 1.82) is 0 Å². The molecule has 4 nitrogen and oxygen atoms in total. The average Bonchev–Trinajstić information content (AvgIpc) is 2.97. The Hall–Kier alpha value is -2.66. The molecule has 0 aliphatic carbocycles. The van der Waals surface area contributed by atoms with Gasteiger partial charge in [-0.25, -0.2) is 4.98 Å². The molecule has 0 bridgehead atoms. The minimum Gasteiger partial charge on any atom is -0.399 e. The van der Waals surface area contributed by atoms with Crippen LogP contribution in [0.3, 0.4) is 0 Å². The van der Waals surface area contributed by atoms with Crippen LogP contribution >= 0.6 is 12.2 Å². The first-order valence-corrected chi connectivity index (χ1v) is 7.76. The van der Waals surface area contributed by atoms with Crippen molar-refractivity contribution >= 4 is 22.9 Å². The molecule has 1 aromatic heterocycles. The summed E-state index contributed by atoms with van der Waals surface area (Å²) in [4.78, 5) is 4.89. The second-order valence-electron chi connectivity index (χ2n) is 5.45. The lowest BCUT2D eigenvalue weighted by Gasteiger charge is -2.09. The van der Waals surface area contributed by atoms with E-state index in [4.69, 9.17) is 23.7 Å². The first-order chi connectivity index (χ1) is 11.1. The van der Waals surface area contributed by atoms with Gasteiger partial charge in [0.05, 0.1) is 0 Å². The number of rotatable bonds is 5. The zero-order valence-corrected chi connectivity index (χ0v) is 13.5. The molecule has 0 fully saturated rings. The van der Waals surface area contributed by atoms with Gasteiger partial charge >= 0.3 is 0 Å². The molecule has 0 spiro atoms. The van der Waals surface area contributed by atoms with Crippen molar-refractivity contribution in [2.45, 2.75) is 13.0 Å². The molecule has 0 aliphatic heterocycles. The highest BCUT2D eigenvalue weighted by Gasteiger charge is 2.06.